The first-order valence-corrected chi connectivity index (χ1v) is 18.5. The summed E-state index contributed by atoms with van der Waals surface area (Å²) in [5.74, 6) is -8.43. The number of hydroxylamine groups is 2. The Morgan fingerprint density at radius 3 is 2.38 bits per heavy atom. The number of pyridine rings is 2. The van der Waals surface area contributed by atoms with Crippen LogP contribution in [0.4, 0.5) is 37.7 Å². The second-order valence-electron chi connectivity index (χ2n) is 14.5. The van der Waals surface area contributed by atoms with Crippen LogP contribution in [0.1, 0.15) is 25.0 Å². The number of hydrogen-bond acceptors (Lipinski definition) is 11. The van der Waals surface area contributed by atoms with Crippen molar-refractivity contribution in [2.75, 3.05) is 56.6 Å². The number of nitrogens with zero attached hydrogens (tertiary/aromatic N) is 6. The van der Waals surface area contributed by atoms with Crippen LogP contribution in [0.3, 0.4) is 0 Å². The zero-order chi connectivity index (χ0) is 41.5. The quantitative estimate of drug-likeness (QED) is 0.186. The molecule has 3 saturated heterocycles. The Morgan fingerprint density at radius 2 is 1.71 bits per heavy atom. The predicted octanol–water partition coefficient (Wildman–Crippen LogP) is 4.73. The minimum absolute atomic E-state index is 0.0859. The molecule has 5 heterocycles. The molecule has 3 aliphatic rings. The van der Waals surface area contributed by atoms with Gasteiger partial charge < -0.3 is 24.4 Å². The number of likely N-dealkylation sites (tertiary alicyclic amines) is 1. The van der Waals surface area contributed by atoms with Gasteiger partial charge in [-0.05, 0) is 48.6 Å². The van der Waals surface area contributed by atoms with Gasteiger partial charge in [-0.3, -0.25) is 29.2 Å². The Balaban J connectivity index is 0.944. The summed E-state index contributed by atoms with van der Waals surface area (Å²) in [6, 6.07) is 10.7. The summed E-state index contributed by atoms with van der Waals surface area (Å²) in [6.45, 7) is 0.998. The number of carbonyl (C=O) groups excluding carboxylic acids is 3. The molecule has 0 saturated carbocycles. The fourth-order valence-electron chi connectivity index (χ4n) is 7.81. The number of anilines is 2. The molecule has 3 aliphatic heterocycles. The van der Waals surface area contributed by atoms with Gasteiger partial charge in [-0.25, -0.2) is 18.0 Å². The number of piperazine rings is 1. The zero-order valence-electron chi connectivity index (χ0n) is 31.4. The number of hydrogen-bond donors (Lipinski definition) is 1. The third-order valence-electron chi connectivity index (χ3n) is 10.7. The lowest BCUT2D eigenvalue weighted by atomic mass is 9.97. The Kier molecular flexibility index (Phi) is 11.1. The fourth-order valence-corrected chi connectivity index (χ4v) is 7.81. The number of aryl methyl sites for hydroxylation is 1. The molecule has 2 aromatic heterocycles. The van der Waals surface area contributed by atoms with Gasteiger partial charge in [0.1, 0.15) is 17.6 Å². The van der Waals surface area contributed by atoms with Gasteiger partial charge in [-0.2, -0.15) is 13.2 Å². The molecule has 19 heteroatoms. The summed E-state index contributed by atoms with van der Waals surface area (Å²) in [7, 11) is 3.17. The minimum atomic E-state index is -5.43. The molecular formula is C39H39F6N7O6. The number of carbonyl (C=O) groups is 3. The maximum Gasteiger partial charge on any atom is 0.493 e. The summed E-state index contributed by atoms with van der Waals surface area (Å²) >= 11 is 0. The molecule has 308 valence electrons. The molecule has 0 aliphatic carbocycles. The fraction of sp³-hybridized carbons (Fsp3) is 0.410. The topological polar surface area (TPSA) is 130 Å². The number of methoxy groups -OCH3 is 1. The monoisotopic (exact) mass is 815 g/mol. The van der Waals surface area contributed by atoms with Crippen molar-refractivity contribution in [1.82, 2.24) is 24.4 Å². The lowest BCUT2D eigenvalue weighted by Crippen LogP contribution is -2.61. The number of benzene rings is 2. The van der Waals surface area contributed by atoms with Crippen molar-refractivity contribution in [2.24, 2.45) is 7.05 Å². The van der Waals surface area contributed by atoms with Gasteiger partial charge in [-0.1, -0.05) is 18.2 Å². The highest BCUT2D eigenvalue weighted by molar-refractivity contribution is 6.01. The minimum Gasteiger partial charge on any atom is -0.495 e. The van der Waals surface area contributed by atoms with Crippen molar-refractivity contribution >= 4 is 39.9 Å². The average Bonchev–Trinajstić information content (AvgIpc) is 3.18. The number of amides is 2. The van der Waals surface area contributed by atoms with Gasteiger partial charge in [0, 0.05) is 87.3 Å². The number of ether oxygens (including phenoxy) is 1. The first kappa shape index (κ1) is 40.5. The number of piperidine rings is 2. The van der Waals surface area contributed by atoms with E-state index in [1.54, 1.807) is 52.3 Å². The van der Waals surface area contributed by atoms with E-state index >= 15 is 13.2 Å². The Bertz CT molecular complexity index is 2300. The van der Waals surface area contributed by atoms with Crippen LogP contribution in [0.5, 0.6) is 5.75 Å². The van der Waals surface area contributed by atoms with Crippen molar-refractivity contribution in [2.45, 2.75) is 50.0 Å². The molecule has 58 heavy (non-hydrogen) atoms. The van der Waals surface area contributed by atoms with Gasteiger partial charge >= 0.3 is 12.1 Å². The Hall–Kier alpha value is -5.69. The van der Waals surface area contributed by atoms with E-state index in [4.69, 9.17) is 4.74 Å². The van der Waals surface area contributed by atoms with Crippen molar-refractivity contribution in [3.05, 3.63) is 82.8 Å². The van der Waals surface area contributed by atoms with E-state index in [-0.39, 0.29) is 67.6 Å². The van der Waals surface area contributed by atoms with E-state index in [1.165, 1.54) is 23.8 Å². The molecule has 7 rings (SSSR count). The van der Waals surface area contributed by atoms with Crippen molar-refractivity contribution in [1.29, 1.82) is 0 Å². The maximum atomic E-state index is 15.8. The van der Waals surface area contributed by atoms with Crippen molar-refractivity contribution in [3.8, 4) is 16.9 Å². The second-order valence-corrected chi connectivity index (χ2v) is 14.5. The zero-order valence-corrected chi connectivity index (χ0v) is 31.4. The summed E-state index contributed by atoms with van der Waals surface area (Å²) in [5, 5.41) is 3.76. The molecule has 0 bridgehead atoms. The van der Waals surface area contributed by atoms with Gasteiger partial charge in [0.25, 0.3) is 23.3 Å². The third-order valence-corrected chi connectivity index (χ3v) is 10.7. The molecular weight excluding hydrogens is 776 g/mol. The number of halogens is 6. The van der Waals surface area contributed by atoms with Crippen molar-refractivity contribution in [3.63, 3.8) is 0 Å². The van der Waals surface area contributed by atoms with E-state index in [1.807, 2.05) is 12.1 Å². The molecule has 13 nitrogen and oxygen atoms in total. The molecule has 2 unspecified atom stereocenters. The van der Waals surface area contributed by atoms with E-state index in [2.05, 4.69) is 15.1 Å². The standard InChI is InChI=1S/C39H39F6N7O6/c1-48-20-27(25-5-3-4-6-26(25)35(48)54)23-17-32(57-2)30(46-19-23)21-49-12-11-33(38(41,42)22-49)51-15-13-50(14-16-51)31-9-7-24(18-28(31)40)47-29-8-10-34(53)52(36(29)55)58-37(56)39(43,44)45/h3-7,9,17-20,29,33,47H,8,10-16,21-22H2,1-2H3. The molecule has 2 aromatic carbocycles. The molecule has 4 aromatic rings. The molecule has 3 fully saturated rings. The van der Waals surface area contributed by atoms with Crippen LogP contribution in [0.25, 0.3) is 21.9 Å². The second kappa shape index (κ2) is 15.9. The van der Waals surface area contributed by atoms with E-state index < -0.39 is 60.7 Å². The lowest BCUT2D eigenvalue weighted by Gasteiger charge is -2.46. The van der Waals surface area contributed by atoms with Gasteiger partial charge in [0.15, 0.2) is 0 Å². The lowest BCUT2D eigenvalue weighted by molar-refractivity contribution is -0.237. The number of rotatable bonds is 9. The van der Waals surface area contributed by atoms with Crippen LogP contribution >= 0.6 is 0 Å². The largest absolute Gasteiger partial charge is 0.495 e. The van der Waals surface area contributed by atoms with Crippen molar-refractivity contribution < 1.29 is 50.3 Å². The number of fused-ring (bicyclic) bond motifs is 1. The summed E-state index contributed by atoms with van der Waals surface area (Å²) in [5.41, 5.74) is 2.14. The van der Waals surface area contributed by atoms with Crippen LogP contribution < -0.4 is 20.5 Å². The molecule has 0 spiro atoms. The van der Waals surface area contributed by atoms with Gasteiger partial charge in [-0.15, -0.1) is 5.06 Å². The van der Waals surface area contributed by atoms with Crippen LogP contribution in [-0.2, 0) is 32.8 Å². The van der Waals surface area contributed by atoms with E-state index in [9.17, 15) is 32.3 Å². The van der Waals surface area contributed by atoms with Gasteiger partial charge in [0.2, 0.25) is 0 Å². The number of nitrogens with one attached hydrogen (secondary N) is 1. The normalized spacial score (nSPS) is 20.7. The summed E-state index contributed by atoms with van der Waals surface area (Å²) in [6.07, 6.45) is -2.40. The molecule has 1 N–H and O–H groups in total. The Labute approximate surface area is 327 Å². The smallest absolute Gasteiger partial charge is 0.493 e. The number of alkyl halides is 5. The number of imide groups is 1. The van der Waals surface area contributed by atoms with Crippen LogP contribution in [-0.4, -0.2) is 113 Å². The molecule has 2 atom stereocenters. The van der Waals surface area contributed by atoms with E-state index in [0.29, 0.717) is 28.9 Å². The summed E-state index contributed by atoms with van der Waals surface area (Å²) < 4.78 is 92.2. The highest BCUT2D eigenvalue weighted by Gasteiger charge is 2.49. The van der Waals surface area contributed by atoms with Gasteiger partial charge in [0.05, 0.1) is 31.1 Å². The molecule has 0 radical (unpaired) electrons. The van der Waals surface area contributed by atoms with Crippen LogP contribution in [0.15, 0.2) is 65.7 Å². The van der Waals surface area contributed by atoms with Crippen LogP contribution in [0, 0.1) is 5.82 Å². The molecule has 2 amide bonds. The summed E-state index contributed by atoms with van der Waals surface area (Å²) in [4.78, 5) is 62.2. The highest BCUT2D eigenvalue weighted by atomic mass is 19.4. The number of aromatic nitrogens is 2. The third kappa shape index (κ3) is 8.18. The predicted molar refractivity (Wildman–Crippen MR) is 198 cm³/mol. The highest BCUT2D eigenvalue weighted by Crippen LogP contribution is 2.36. The Morgan fingerprint density at radius 1 is 0.983 bits per heavy atom. The van der Waals surface area contributed by atoms with Crippen LogP contribution in [0.2, 0.25) is 0 Å². The first-order chi connectivity index (χ1) is 27.5. The van der Waals surface area contributed by atoms with E-state index in [0.717, 1.165) is 17.0 Å². The SMILES string of the molecule is COc1cc(-c2cn(C)c(=O)c3ccccc23)cnc1CN1CCC(N2CCN(c3ccc(NC4CCC(=O)N(OC(=O)C(F)(F)F)C4=O)cc3F)CC2)C(F)(F)C1. The first-order valence-electron chi connectivity index (χ1n) is 18.5. The maximum absolute atomic E-state index is 15.8. The average molecular weight is 816 g/mol.